The number of carbonyl (C=O) groups excluding carboxylic acids is 1. The van der Waals surface area contributed by atoms with Crippen molar-refractivity contribution >= 4 is 11.6 Å². The molecule has 6 heteroatoms. The second-order valence-electron chi connectivity index (χ2n) is 4.40. The maximum absolute atomic E-state index is 11.8. The summed E-state index contributed by atoms with van der Waals surface area (Å²) < 4.78 is 10.6. The lowest BCUT2D eigenvalue weighted by molar-refractivity contribution is -0.123. The van der Waals surface area contributed by atoms with Crippen LogP contribution < -0.4 is 19.7 Å². The summed E-state index contributed by atoms with van der Waals surface area (Å²) in [4.78, 5) is 13.8. The molecule has 0 saturated carbocycles. The first-order valence-electron chi connectivity index (χ1n) is 6.10. The van der Waals surface area contributed by atoms with Crippen molar-refractivity contribution in [3.05, 3.63) is 18.2 Å². The first-order valence-corrected chi connectivity index (χ1v) is 6.10. The summed E-state index contributed by atoms with van der Waals surface area (Å²) >= 11 is 0. The number of amides is 1. The number of ether oxygens (including phenoxy) is 2. The normalized spacial score (nSPS) is 20.9. The molecule has 0 spiro atoms. The van der Waals surface area contributed by atoms with E-state index in [2.05, 4.69) is 11.4 Å². The number of hydrogen-bond donors (Lipinski definition) is 1. The minimum atomic E-state index is -0.445. The van der Waals surface area contributed by atoms with Crippen LogP contribution >= 0.6 is 0 Å². The highest BCUT2D eigenvalue weighted by Crippen LogP contribution is 2.36. The molecule has 1 atom stereocenters. The summed E-state index contributed by atoms with van der Waals surface area (Å²) in [5, 5.41) is 11.6. The van der Waals surface area contributed by atoms with E-state index in [-0.39, 0.29) is 19.1 Å². The molecule has 2 heterocycles. The monoisotopic (exact) mass is 259 g/mol. The van der Waals surface area contributed by atoms with Gasteiger partial charge in [0.05, 0.1) is 12.5 Å². The predicted molar refractivity (Wildman–Crippen MR) is 66.9 cm³/mol. The third-order valence-corrected chi connectivity index (χ3v) is 3.30. The maximum atomic E-state index is 11.8. The van der Waals surface area contributed by atoms with Crippen molar-refractivity contribution in [2.75, 3.05) is 24.8 Å². The van der Waals surface area contributed by atoms with Crippen LogP contribution in [-0.4, -0.2) is 31.8 Å². The third kappa shape index (κ3) is 2.03. The van der Waals surface area contributed by atoms with Crippen LogP contribution in [0.1, 0.15) is 6.42 Å². The van der Waals surface area contributed by atoms with Crippen molar-refractivity contribution in [3.63, 3.8) is 0 Å². The van der Waals surface area contributed by atoms with Gasteiger partial charge in [0.25, 0.3) is 0 Å². The number of anilines is 1. The Morgan fingerprint density at radius 1 is 1.42 bits per heavy atom. The molecule has 1 unspecified atom stereocenters. The highest BCUT2D eigenvalue weighted by atomic mass is 16.7. The molecular formula is C13H13N3O3. The van der Waals surface area contributed by atoms with E-state index < -0.39 is 6.04 Å². The van der Waals surface area contributed by atoms with Gasteiger partial charge in [0.1, 0.15) is 6.04 Å². The van der Waals surface area contributed by atoms with Gasteiger partial charge in [-0.05, 0) is 12.1 Å². The van der Waals surface area contributed by atoms with Gasteiger partial charge in [-0.2, -0.15) is 5.26 Å². The van der Waals surface area contributed by atoms with Gasteiger partial charge < -0.3 is 19.7 Å². The van der Waals surface area contributed by atoms with Crippen LogP contribution in [-0.2, 0) is 4.79 Å². The smallest absolute Gasteiger partial charge is 0.243 e. The van der Waals surface area contributed by atoms with Crippen LogP contribution in [0, 0.1) is 11.3 Å². The minimum absolute atomic E-state index is 0.106. The first kappa shape index (κ1) is 11.7. The molecule has 1 saturated heterocycles. The fourth-order valence-electron chi connectivity index (χ4n) is 2.38. The summed E-state index contributed by atoms with van der Waals surface area (Å²) in [5.74, 6) is 1.28. The van der Waals surface area contributed by atoms with Crippen LogP contribution in [0.15, 0.2) is 18.2 Å². The van der Waals surface area contributed by atoms with E-state index in [1.165, 1.54) is 0 Å². The Hall–Kier alpha value is -2.42. The van der Waals surface area contributed by atoms with Crippen molar-refractivity contribution in [1.29, 1.82) is 5.26 Å². The Kier molecular flexibility index (Phi) is 2.88. The number of carbonyl (C=O) groups is 1. The first-order chi connectivity index (χ1) is 9.29. The Bertz CT molecular complexity index is 553. The number of nitrogens with one attached hydrogen (secondary N) is 1. The number of nitriles is 1. The molecular weight excluding hydrogens is 246 g/mol. The molecule has 1 amide bonds. The third-order valence-electron chi connectivity index (χ3n) is 3.30. The molecule has 0 bridgehead atoms. The lowest BCUT2D eigenvalue weighted by Crippen LogP contribution is -2.55. The number of hydrogen-bond acceptors (Lipinski definition) is 5. The topological polar surface area (TPSA) is 74.6 Å². The molecule has 2 aliphatic heterocycles. The van der Waals surface area contributed by atoms with Gasteiger partial charge in [-0.25, -0.2) is 0 Å². The molecule has 1 fully saturated rings. The molecule has 0 aliphatic carbocycles. The van der Waals surface area contributed by atoms with Gasteiger partial charge in [-0.3, -0.25) is 4.79 Å². The molecule has 0 radical (unpaired) electrons. The molecule has 98 valence electrons. The van der Waals surface area contributed by atoms with Crippen LogP contribution in [0.3, 0.4) is 0 Å². The average molecular weight is 259 g/mol. The van der Waals surface area contributed by atoms with Crippen LogP contribution in [0.2, 0.25) is 0 Å². The average Bonchev–Trinajstić information content (AvgIpc) is 2.88. The predicted octanol–water partition coefficient (Wildman–Crippen LogP) is 0.634. The molecule has 1 aromatic rings. The van der Waals surface area contributed by atoms with Crippen molar-refractivity contribution in [2.24, 2.45) is 0 Å². The zero-order chi connectivity index (χ0) is 13.2. The molecule has 0 aromatic heterocycles. The number of benzene rings is 1. The number of nitrogens with zero attached hydrogens (tertiary/aromatic N) is 2. The Morgan fingerprint density at radius 2 is 2.26 bits per heavy atom. The Labute approximate surface area is 110 Å². The largest absolute Gasteiger partial charge is 0.454 e. The van der Waals surface area contributed by atoms with Crippen molar-refractivity contribution in [1.82, 2.24) is 5.32 Å². The van der Waals surface area contributed by atoms with Crippen molar-refractivity contribution in [3.8, 4) is 17.6 Å². The van der Waals surface area contributed by atoms with E-state index in [1.54, 1.807) is 0 Å². The highest BCUT2D eigenvalue weighted by Gasteiger charge is 2.30. The second kappa shape index (κ2) is 4.69. The van der Waals surface area contributed by atoms with Gasteiger partial charge in [0.15, 0.2) is 11.5 Å². The van der Waals surface area contributed by atoms with Gasteiger partial charge in [0, 0.05) is 24.8 Å². The van der Waals surface area contributed by atoms with E-state index in [9.17, 15) is 4.79 Å². The quantitative estimate of drug-likeness (QED) is 0.843. The summed E-state index contributed by atoms with van der Waals surface area (Å²) in [6.45, 7) is 1.48. The van der Waals surface area contributed by atoms with Crippen molar-refractivity contribution in [2.45, 2.75) is 12.5 Å². The molecule has 1 N–H and O–H groups in total. The van der Waals surface area contributed by atoms with E-state index in [0.717, 1.165) is 5.69 Å². The zero-order valence-corrected chi connectivity index (χ0v) is 10.3. The van der Waals surface area contributed by atoms with Gasteiger partial charge in [-0.1, -0.05) is 0 Å². The lowest BCUT2D eigenvalue weighted by atomic mass is 10.1. The number of piperazine rings is 1. The number of fused-ring (bicyclic) bond motifs is 1. The lowest BCUT2D eigenvalue weighted by Gasteiger charge is -2.35. The van der Waals surface area contributed by atoms with Crippen LogP contribution in [0.25, 0.3) is 0 Å². The Balaban J connectivity index is 1.91. The van der Waals surface area contributed by atoms with Gasteiger partial charge >= 0.3 is 0 Å². The standard InChI is InChI=1S/C13H13N3O3/c14-4-3-10-13(17)15-5-6-16(10)9-1-2-11-12(7-9)19-8-18-11/h1-2,7,10H,3,5-6,8H2,(H,15,17). The summed E-state index contributed by atoms with van der Waals surface area (Å²) in [6, 6.07) is 7.18. The summed E-state index contributed by atoms with van der Waals surface area (Å²) in [7, 11) is 0. The Morgan fingerprint density at radius 3 is 3.11 bits per heavy atom. The van der Waals surface area contributed by atoms with Crippen molar-refractivity contribution < 1.29 is 14.3 Å². The van der Waals surface area contributed by atoms with Crippen LogP contribution in [0.4, 0.5) is 5.69 Å². The summed E-state index contributed by atoms with van der Waals surface area (Å²) in [6.07, 6.45) is 0.167. The minimum Gasteiger partial charge on any atom is -0.454 e. The fraction of sp³-hybridized carbons (Fsp3) is 0.385. The molecule has 1 aromatic carbocycles. The van der Waals surface area contributed by atoms with E-state index >= 15 is 0 Å². The SMILES string of the molecule is N#CCC1C(=O)NCCN1c1ccc2c(c1)OCO2. The molecule has 19 heavy (non-hydrogen) atoms. The molecule has 2 aliphatic rings. The second-order valence-corrected chi connectivity index (χ2v) is 4.40. The van der Waals surface area contributed by atoms with Crippen LogP contribution in [0.5, 0.6) is 11.5 Å². The zero-order valence-electron chi connectivity index (χ0n) is 10.3. The van der Waals surface area contributed by atoms with E-state index in [4.69, 9.17) is 14.7 Å². The van der Waals surface area contributed by atoms with E-state index in [1.807, 2.05) is 23.1 Å². The fourth-order valence-corrected chi connectivity index (χ4v) is 2.38. The highest BCUT2D eigenvalue weighted by molar-refractivity contribution is 5.87. The molecule has 3 rings (SSSR count). The molecule has 6 nitrogen and oxygen atoms in total. The van der Waals surface area contributed by atoms with Gasteiger partial charge in [-0.15, -0.1) is 0 Å². The summed E-state index contributed by atoms with van der Waals surface area (Å²) in [5.41, 5.74) is 0.874. The maximum Gasteiger partial charge on any atom is 0.243 e. The number of rotatable bonds is 2. The van der Waals surface area contributed by atoms with Gasteiger partial charge in [0.2, 0.25) is 12.7 Å². The van der Waals surface area contributed by atoms with E-state index in [0.29, 0.717) is 24.6 Å².